The molecule has 2 aromatic rings. The third-order valence-corrected chi connectivity index (χ3v) is 4.59. The first-order chi connectivity index (χ1) is 14.1. The molecule has 0 aromatic heterocycles. The van der Waals surface area contributed by atoms with E-state index in [1.54, 1.807) is 43.5 Å². The van der Waals surface area contributed by atoms with Crippen LogP contribution in [-0.2, 0) is 15.0 Å². The van der Waals surface area contributed by atoms with Gasteiger partial charge in [0.05, 0.1) is 20.2 Å². The minimum absolute atomic E-state index is 0.0000747. The van der Waals surface area contributed by atoms with Crippen molar-refractivity contribution in [3.63, 3.8) is 0 Å². The Morgan fingerprint density at radius 1 is 0.967 bits per heavy atom. The summed E-state index contributed by atoms with van der Waals surface area (Å²) in [5.74, 6) is -0.344. The average Bonchev–Trinajstić information content (AvgIpc) is 2.71. The van der Waals surface area contributed by atoms with Crippen LogP contribution in [0.15, 0.2) is 48.5 Å². The highest BCUT2D eigenvalue weighted by molar-refractivity contribution is 5.98. The fourth-order valence-corrected chi connectivity index (χ4v) is 2.69. The number of carbonyl (C=O) groups is 3. The predicted molar refractivity (Wildman–Crippen MR) is 117 cm³/mol. The van der Waals surface area contributed by atoms with Gasteiger partial charge in [0.25, 0.3) is 5.91 Å². The summed E-state index contributed by atoms with van der Waals surface area (Å²) in [5.41, 5.74) is 2.21. The molecule has 3 amide bonds. The molecule has 2 N–H and O–H groups in total. The van der Waals surface area contributed by atoms with Gasteiger partial charge in [-0.1, -0.05) is 32.9 Å². The van der Waals surface area contributed by atoms with Gasteiger partial charge in [-0.2, -0.15) is 0 Å². The molecule has 160 valence electrons. The minimum atomic E-state index is -0.362. The molecule has 7 nitrogen and oxygen atoms in total. The Kier molecular flexibility index (Phi) is 7.58. The van der Waals surface area contributed by atoms with Gasteiger partial charge >= 0.3 is 0 Å². The SMILES string of the molecule is COc1ccc(NC(=O)CN(C)C(=O)CNC(=O)c2ccc(C(C)(C)C)cc2)cc1. The Balaban J connectivity index is 1.81. The second kappa shape index (κ2) is 9.91. The number of rotatable bonds is 7. The van der Waals surface area contributed by atoms with Crippen molar-refractivity contribution in [3.05, 3.63) is 59.7 Å². The van der Waals surface area contributed by atoms with E-state index in [1.165, 1.54) is 11.9 Å². The van der Waals surface area contributed by atoms with Gasteiger partial charge < -0.3 is 20.3 Å². The summed E-state index contributed by atoms with van der Waals surface area (Å²) < 4.78 is 5.07. The van der Waals surface area contributed by atoms with Crippen molar-refractivity contribution in [3.8, 4) is 5.75 Å². The van der Waals surface area contributed by atoms with Crippen LogP contribution in [0.25, 0.3) is 0 Å². The van der Waals surface area contributed by atoms with Crippen LogP contribution < -0.4 is 15.4 Å². The van der Waals surface area contributed by atoms with E-state index in [-0.39, 0.29) is 36.2 Å². The number of hydrogen-bond acceptors (Lipinski definition) is 4. The molecule has 0 bridgehead atoms. The van der Waals surface area contributed by atoms with Crippen molar-refractivity contribution >= 4 is 23.4 Å². The molecule has 0 fully saturated rings. The maximum absolute atomic E-state index is 12.3. The van der Waals surface area contributed by atoms with Gasteiger partial charge in [0.2, 0.25) is 11.8 Å². The van der Waals surface area contributed by atoms with Gasteiger partial charge in [-0.15, -0.1) is 0 Å². The van der Waals surface area contributed by atoms with Crippen molar-refractivity contribution in [1.29, 1.82) is 0 Å². The predicted octanol–water partition coefficient (Wildman–Crippen LogP) is 2.82. The number of likely N-dealkylation sites (N-methyl/N-ethyl adjacent to an activating group) is 1. The van der Waals surface area contributed by atoms with E-state index in [1.807, 2.05) is 12.1 Å². The van der Waals surface area contributed by atoms with E-state index in [0.29, 0.717) is 17.0 Å². The van der Waals surface area contributed by atoms with Crippen molar-refractivity contribution in [2.45, 2.75) is 26.2 Å². The number of methoxy groups -OCH3 is 1. The van der Waals surface area contributed by atoms with E-state index in [4.69, 9.17) is 4.74 Å². The first kappa shape index (κ1) is 22.9. The van der Waals surface area contributed by atoms with Gasteiger partial charge in [-0.05, 0) is 47.4 Å². The topological polar surface area (TPSA) is 87.7 Å². The van der Waals surface area contributed by atoms with Crippen LogP contribution in [0, 0.1) is 0 Å². The maximum atomic E-state index is 12.3. The number of carbonyl (C=O) groups excluding carboxylic acids is 3. The van der Waals surface area contributed by atoms with E-state index in [0.717, 1.165) is 5.56 Å². The molecule has 0 radical (unpaired) electrons. The van der Waals surface area contributed by atoms with Gasteiger partial charge in [-0.3, -0.25) is 14.4 Å². The summed E-state index contributed by atoms with van der Waals surface area (Å²) in [6.45, 7) is 5.98. The van der Waals surface area contributed by atoms with Crippen LogP contribution in [0.4, 0.5) is 5.69 Å². The summed E-state index contributed by atoms with van der Waals surface area (Å²) in [6, 6.07) is 14.2. The Morgan fingerprint density at radius 2 is 1.57 bits per heavy atom. The standard InChI is InChI=1S/C23H29N3O4/c1-23(2,3)17-8-6-16(7-9-17)22(29)24-14-21(28)26(4)15-20(27)25-18-10-12-19(30-5)13-11-18/h6-13H,14-15H2,1-5H3,(H,24,29)(H,25,27). The zero-order valence-electron chi connectivity index (χ0n) is 18.1. The third-order valence-electron chi connectivity index (χ3n) is 4.59. The summed E-state index contributed by atoms with van der Waals surface area (Å²) in [7, 11) is 3.08. The quantitative estimate of drug-likeness (QED) is 0.733. The van der Waals surface area contributed by atoms with Crippen molar-refractivity contribution in [2.75, 3.05) is 32.6 Å². The van der Waals surface area contributed by atoms with Crippen LogP contribution >= 0.6 is 0 Å². The summed E-state index contributed by atoms with van der Waals surface area (Å²) in [4.78, 5) is 37.9. The number of benzene rings is 2. The summed E-state index contributed by atoms with van der Waals surface area (Å²) in [6.07, 6.45) is 0. The monoisotopic (exact) mass is 411 g/mol. The molecule has 0 saturated carbocycles. The number of nitrogens with one attached hydrogen (secondary N) is 2. The molecule has 2 rings (SSSR count). The third kappa shape index (κ3) is 6.62. The maximum Gasteiger partial charge on any atom is 0.251 e. The number of amides is 3. The van der Waals surface area contributed by atoms with Gasteiger partial charge in [0, 0.05) is 18.3 Å². The van der Waals surface area contributed by atoms with Crippen LogP contribution in [0.3, 0.4) is 0 Å². The first-order valence-electron chi connectivity index (χ1n) is 9.67. The van der Waals surface area contributed by atoms with Crippen molar-refractivity contribution in [2.24, 2.45) is 0 Å². The second-order valence-corrected chi connectivity index (χ2v) is 8.04. The lowest BCUT2D eigenvalue weighted by molar-refractivity contribution is -0.132. The molecule has 2 aromatic carbocycles. The molecule has 0 spiro atoms. The average molecular weight is 412 g/mol. The molecule has 0 aliphatic rings. The van der Waals surface area contributed by atoms with Gasteiger partial charge in [-0.25, -0.2) is 0 Å². The Morgan fingerprint density at radius 3 is 2.10 bits per heavy atom. The highest BCUT2D eigenvalue weighted by Gasteiger charge is 2.16. The zero-order valence-corrected chi connectivity index (χ0v) is 18.1. The number of anilines is 1. The number of ether oxygens (including phenoxy) is 1. The van der Waals surface area contributed by atoms with Crippen LogP contribution in [0.5, 0.6) is 5.75 Å². The minimum Gasteiger partial charge on any atom is -0.497 e. The molecule has 0 unspecified atom stereocenters. The lowest BCUT2D eigenvalue weighted by atomic mass is 9.87. The highest BCUT2D eigenvalue weighted by Crippen LogP contribution is 2.22. The van der Waals surface area contributed by atoms with Crippen molar-refractivity contribution in [1.82, 2.24) is 10.2 Å². The van der Waals surface area contributed by atoms with Gasteiger partial charge in [0.15, 0.2) is 0 Å². The highest BCUT2D eigenvalue weighted by atomic mass is 16.5. The van der Waals surface area contributed by atoms with E-state index < -0.39 is 0 Å². The number of nitrogens with zero attached hydrogens (tertiary/aromatic N) is 1. The molecule has 0 aliphatic heterocycles. The Labute approximate surface area is 177 Å². The zero-order chi connectivity index (χ0) is 22.3. The lowest BCUT2D eigenvalue weighted by Crippen LogP contribution is -2.41. The number of hydrogen-bond donors (Lipinski definition) is 2. The van der Waals surface area contributed by atoms with E-state index in [9.17, 15) is 14.4 Å². The second-order valence-electron chi connectivity index (χ2n) is 8.04. The Hall–Kier alpha value is -3.35. The Bertz CT molecular complexity index is 884. The molecule has 0 heterocycles. The molecule has 0 saturated heterocycles. The smallest absolute Gasteiger partial charge is 0.251 e. The van der Waals surface area contributed by atoms with E-state index in [2.05, 4.69) is 31.4 Å². The van der Waals surface area contributed by atoms with Crippen LogP contribution in [0.1, 0.15) is 36.7 Å². The molecule has 7 heteroatoms. The van der Waals surface area contributed by atoms with Gasteiger partial charge in [0.1, 0.15) is 5.75 Å². The summed E-state index contributed by atoms with van der Waals surface area (Å²) >= 11 is 0. The lowest BCUT2D eigenvalue weighted by Gasteiger charge is -2.19. The molecular weight excluding hydrogens is 382 g/mol. The fraction of sp³-hybridized carbons (Fsp3) is 0.348. The molecular formula is C23H29N3O4. The van der Waals surface area contributed by atoms with Crippen LogP contribution in [-0.4, -0.2) is 49.9 Å². The van der Waals surface area contributed by atoms with E-state index >= 15 is 0 Å². The fourth-order valence-electron chi connectivity index (χ4n) is 2.69. The first-order valence-corrected chi connectivity index (χ1v) is 9.67. The molecule has 0 aliphatic carbocycles. The summed E-state index contributed by atoms with van der Waals surface area (Å²) in [5, 5.41) is 5.31. The molecule has 30 heavy (non-hydrogen) atoms. The van der Waals surface area contributed by atoms with Crippen LogP contribution in [0.2, 0.25) is 0 Å². The van der Waals surface area contributed by atoms with Crippen molar-refractivity contribution < 1.29 is 19.1 Å². The largest absolute Gasteiger partial charge is 0.497 e. The molecule has 0 atom stereocenters. The normalized spacial score (nSPS) is 10.8.